The maximum absolute atomic E-state index is 13.4. The van der Waals surface area contributed by atoms with E-state index in [0.29, 0.717) is 13.2 Å². The van der Waals surface area contributed by atoms with Gasteiger partial charge in [-0.1, -0.05) is 30.9 Å². The molecule has 20 heavy (non-hydrogen) atoms. The van der Waals surface area contributed by atoms with Crippen molar-refractivity contribution in [2.24, 2.45) is 0 Å². The smallest absolute Gasteiger partial charge is 0.181 e. The number of ether oxygens (including phenoxy) is 1. The second-order valence-electron chi connectivity index (χ2n) is 4.20. The molecular formula is C16H15F2NO. The average molecular weight is 275 g/mol. The molecule has 0 saturated carbocycles. The maximum atomic E-state index is 13.4. The first-order valence-corrected chi connectivity index (χ1v) is 6.21. The van der Waals surface area contributed by atoms with Crippen LogP contribution in [-0.4, -0.2) is 6.61 Å². The van der Waals surface area contributed by atoms with Crippen LogP contribution in [0.4, 0.5) is 14.5 Å². The molecule has 0 fully saturated rings. The molecule has 0 saturated heterocycles. The van der Waals surface area contributed by atoms with Crippen LogP contribution >= 0.6 is 0 Å². The van der Waals surface area contributed by atoms with E-state index in [4.69, 9.17) is 4.74 Å². The SMILES string of the molecule is C=CCOc1ccc(CNc2cccc(F)c2F)cc1. The van der Waals surface area contributed by atoms with Crippen LogP contribution in [0.2, 0.25) is 0 Å². The number of benzene rings is 2. The molecule has 0 bridgehead atoms. The van der Waals surface area contributed by atoms with Crippen LogP contribution in [0.1, 0.15) is 5.56 Å². The van der Waals surface area contributed by atoms with Crippen molar-refractivity contribution in [1.29, 1.82) is 0 Å². The molecule has 2 rings (SSSR count). The fourth-order valence-corrected chi connectivity index (χ4v) is 1.70. The molecule has 0 aliphatic heterocycles. The standard InChI is InChI=1S/C16H15F2NO/c1-2-10-20-13-8-6-12(7-9-13)11-19-15-5-3-4-14(17)16(15)18/h2-9,19H,1,10-11H2. The first-order valence-electron chi connectivity index (χ1n) is 6.21. The molecule has 4 heteroatoms. The summed E-state index contributed by atoms with van der Waals surface area (Å²) in [6.45, 7) is 4.43. The van der Waals surface area contributed by atoms with Gasteiger partial charge in [0, 0.05) is 6.54 Å². The minimum atomic E-state index is -0.863. The van der Waals surface area contributed by atoms with Crippen LogP contribution in [0.5, 0.6) is 5.75 Å². The van der Waals surface area contributed by atoms with E-state index >= 15 is 0 Å². The Labute approximate surface area is 116 Å². The van der Waals surface area contributed by atoms with Gasteiger partial charge in [-0.3, -0.25) is 0 Å². The topological polar surface area (TPSA) is 21.3 Å². The number of anilines is 1. The first-order chi connectivity index (χ1) is 9.70. The van der Waals surface area contributed by atoms with Crippen molar-refractivity contribution in [2.75, 3.05) is 11.9 Å². The number of hydrogen-bond acceptors (Lipinski definition) is 2. The molecule has 0 spiro atoms. The van der Waals surface area contributed by atoms with E-state index in [1.54, 1.807) is 6.08 Å². The minimum absolute atomic E-state index is 0.150. The van der Waals surface area contributed by atoms with E-state index in [2.05, 4.69) is 11.9 Å². The number of halogens is 2. The Kier molecular flexibility index (Phi) is 4.71. The van der Waals surface area contributed by atoms with Crippen LogP contribution in [0.25, 0.3) is 0 Å². The van der Waals surface area contributed by atoms with Crippen molar-refractivity contribution in [3.63, 3.8) is 0 Å². The molecule has 0 amide bonds. The second-order valence-corrected chi connectivity index (χ2v) is 4.20. The lowest BCUT2D eigenvalue weighted by atomic mass is 10.2. The van der Waals surface area contributed by atoms with Gasteiger partial charge >= 0.3 is 0 Å². The second kappa shape index (κ2) is 6.70. The van der Waals surface area contributed by atoms with Crippen molar-refractivity contribution in [3.8, 4) is 5.75 Å². The highest BCUT2D eigenvalue weighted by Gasteiger charge is 2.06. The molecule has 2 aromatic carbocycles. The monoisotopic (exact) mass is 275 g/mol. The molecule has 0 aliphatic carbocycles. The minimum Gasteiger partial charge on any atom is -0.490 e. The van der Waals surface area contributed by atoms with Crippen LogP contribution in [0, 0.1) is 11.6 Å². The normalized spacial score (nSPS) is 10.1. The van der Waals surface area contributed by atoms with Gasteiger partial charge in [-0.25, -0.2) is 8.78 Å². The van der Waals surface area contributed by atoms with E-state index in [0.717, 1.165) is 17.4 Å². The zero-order valence-electron chi connectivity index (χ0n) is 10.9. The zero-order valence-corrected chi connectivity index (χ0v) is 10.9. The Hall–Kier alpha value is -2.36. The third-order valence-electron chi connectivity index (χ3n) is 2.73. The lowest BCUT2D eigenvalue weighted by Gasteiger charge is -2.09. The predicted molar refractivity (Wildman–Crippen MR) is 75.8 cm³/mol. The van der Waals surface area contributed by atoms with Crippen molar-refractivity contribution in [1.82, 2.24) is 0 Å². The van der Waals surface area contributed by atoms with Gasteiger partial charge in [0.1, 0.15) is 12.4 Å². The van der Waals surface area contributed by atoms with Gasteiger partial charge in [0.2, 0.25) is 0 Å². The van der Waals surface area contributed by atoms with Crippen LogP contribution in [-0.2, 0) is 6.54 Å². The predicted octanol–water partition coefficient (Wildman–Crippen LogP) is 4.14. The van der Waals surface area contributed by atoms with Crippen molar-refractivity contribution < 1.29 is 13.5 Å². The van der Waals surface area contributed by atoms with Crippen molar-refractivity contribution in [2.45, 2.75) is 6.54 Å². The molecular weight excluding hydrogens is 260 g/mol. The largest absolute Gasteiger partial charge is 0.490 e. The van der Waals surface area contributed by atoms with Crippen molar-refractivity contribution in [3.05, 3.63) is 72.3 Å². The van der Waals surface area contributed by atoms with Gasteiger partial charge in [-0.15, -0.1) is 0 Å². The molecule has 0 atom stereocenters. The van der Waals surface area contributed by atoms with E-state index in [-0.39, 0.29) is 5.69 Å². The van der Waals surface area contributed by atoms with Gasteiger partial charge < -0.3 is 10.1 Å². The summed E-state index contributed by atoms with van der Waals surface area (Å²) in [5, 5.41) is 2.86. The highest BCUT2D eigenvalue weighted by Crippen LogP contribution is 2.18. The fraction of sp³-hybridized carbons (Fsp3) is 0.125. The molecule has 0 aromatic heterocycles. The highest BCUT2D eigenvalue weighted by atomic mass is 19.2. The van der Waals surface area contributed by atoms with Gasteiger partial charge in [0.15, 0.2) is 11.6 Å². The van der Waals surface area contributed by atoms with E-state index in [1.807, 2.05) is 24.3 Å². The third kappa shape index (κ3) is 3.57. The molecule has 0 radical (unpaired) electrons. The lowest BCUT2D eigenvalue weighted by Crippen LogP contribution is -2.02. The Morgan fingerprint density at radius 2 is 1.85 bits per heavy atom. The Balaban J connectivity index is 1.97. The molecule has 1 N–H and O–H groups in total. The Bertz CT molecular complexity index is 582. The summed E-state index contributed by atoms with van der Waals surface area (Å²) in [5.41, 5.74) is 1.09. The zero-order chi connectivity index (χ0) is 14.4. The van der Waals surface area contributed by atoms with E-state index in [9.17, 15) is 8.78 Å². The molecule has 2 nitrogen and oxygen atoms in total. The summed E-state index contributed by atoms with van der Waals surface area (Å²) in [7, 11) is 0. The number of rotatable bonds is 6. The van der Waals surface area contributed by atoms with Crippen LogP contribution in [0.3, 0.4) is 0 Å². The number of hydrogen-bond donors (Lipinski definition) is 1. The van der Waals surface area contributed by atoms with E-state index < -0.39 is 11.6 Å². The molecule has 0 heterocycles. The van der Waals surface area contributed by atoms with Gasteiger partial charge in [-0.05, 0) is 29.8 Å². The van der Waals surface area contributed by atoms with Crippen molar-refractivity contribution >= 4 is 5.69 Å². The molecule has 104 valence electrons. The Morgan fingerprint density at radius 3 is 2.55 bits per heavy atom. The summed E-state index contributed by atoms with van der Waals surface area (Å²) in [5.74, 6) is -0.979. The van der Waals surface area contributed by atoms with Gasteiger partial charge in [0.05, 0.1) is 5.69 Å². The van der Waals surface area contributed by atoms with Crippen LogP contribution in [0.15, 0.2) is 55.1 Å². The average Bonchev–Trinajstić information content (AvgIpc) is 2.48. The quantitative estimate of drug-likeness (QED) is 0.800. The molecule has 2 aromatic rings. The van der Waals surface area contributed by atoms with Crippen LogP contribution < -0.4 is 10.1 Å². The van der Waals surface area contributed by atoms with Gasteiger partial charge in [0.25, 0.3) is 0 Å². The summed E-state index contributed by atoms with van der Waals surface area (Å²) in [4.78, 5) is 0. The maximum Gasteiger partial charge on any atom is 0.181 e. The van der Waals surface area contributed by atoms with Gasteiger partial charge in [-0.2, -0.15) is 0 Å². The lowest BCUT2D eigenvalue weighted by molar-refractivity contribution is 0.363. The highest BCUT2D eigenvalue weighted by molar-refractivity contribution is 5.45. The Morgan fingerprint density at radius 1 is 1.10 bits per heavy atom. The summed E-state index contributed by atoms with van der Waals surface area (Å²) >= 11 is 0. The fourth-order valence-electron chi connectivity index (χ4n) is 1.70. The van der Waals surface area contributed by atoms with E-state index in [1.165, 1.54) is 12.1 Å². The third-order valence-corrected chi connectivity index (χ3v) is 2.73. The first kappa shape index (κ1) is 14.1. The molecule has 0 unspecified atom stereocenters. The number of nitrogens with one attached hydrogen (secondary N) is 1. The summed E-state index contributed by atoms with van der Waals surface area (Å²) in [6, 6.07) is 11.4. The summed E-state index contributed by atoms with van der Waals surface area (Å²) in [6.07, 6.45) is 1.67. The molecule has 0 aliphatic rings. The summed E-state index contributed by atoms with van der Waals surface area (Å²) < 4.78 is 31.8.